The largest absolute Gasteiger partial charge is 0.479 e. The number of ether oxygens (including phenoxy) is 10. The molecular formula is C58H92O28. The van der Waals surface area contributed by atoms with Crippen molar-refractivity contribution in [2.75, 3.05) is 19.8 Å². The van der Waals surface area contributed by atoms with E-state index in [1.807, 2.05) is 20.8 Å². The number of carboxylic acids is 1. The minimum Gasteiger partial charge on any atom is -0.479 e. The lowest BCUT2D eigenvalue weighted by atomic mass is 9.32. The Morgan fingerprint density at radius 1 is 0.570 bits per heavy atom. The number of aliphatic hydroxyl groups is 14. The molecule has 15 N–H and O–H groups in total. The highest BCUT2D eigenvalue weighted by Crippen LogP contribution is 2.76. The molecule has 0 aromatic rings. The van der Waals surface area contributed by atoms with E-state index in [0.717, 1.165) is 5.57 Å². The normalized spacial score (nSPS) is 52.4. The van der Waals surface area contributed by atoms with Gasteiger partial charge in [0.15, 0.2) is 37.4 Å². The number of esters is 2. The molecule has 8 fully saturated rings. The summed E-state index contributed by atoms with van der Waals surface area (Å²) in [4.78, 5) is 38.0. The maximum atomic E-state index is 12.8. The van der Waals surface area contributed by atoms with Gasteiger partial charge >= 0.3 is 17.9 Å². The number of fused-ring (bicyclic) bond motifs is 7. The molecule has 4 saturated carbocycles. The number of carbonyl (C=O) groups excluding carboxylic acids is 2. The first-order valence-electron chi connectivity index (χ1n) is 29.9. The first-order valence-corrected chi connectivity index (χ1v) is 29.9. The van der Waals surface area contributed by atoms with Crippen molar-refractivity contribution >= 4 is 17.9 Å². The van der Waals surface area contributed by atoms with Crippen LogP contribution in [-0.2, 0) is 61.8 Å². The van der Waals surface area contributed by atoms with Crippen molar-refractivity contribution in [3.63, 3.8) is 0 Å². The van der Waals surface area contributed by atoms with Crippen LogP contribution in [0, 0.1) is 50.2 Å². The molecular weight excluding hydrogens is 1140 g/mol. The molecule has 0 spiro atoms. The number of carbonyl (C=O) groups is 3. The van der Waals surface area contributed by atoms with Crippen molar-refractivity contribution in [1.29, 1.82) is 0 Å². The Morgan fingerprint density at radius 2 is 1.10 bits per heavy atom. The third-order valence-corrected chi connectivity index (χ3v) is 22.4. The second kappa shape index (κ2) is 24.4. The summed E-state index contributed by atoms with van der Waals surface area (Å²) >= 11 is 0. The van der Waals surface area contributed by atoms with Crippen LogP contribution >= 0.6 is 0 Å². The van der Waals surface area contributed by atoms with Crippen molar-refractivity contribution in [1.82, 2.24) is 0 Å². The van der Waals surface area contributed by atoms with E-state index in [9.17, 15) is 91.0 Å². The minimum atomic E-state index is -2.27. The first-order chi connectivity index (χ1) is 40.0. The van der Waals surface area contributed by atoms with Crippen molar-refractivity contribution < 1.29 is 138 Å². The zero-order valence-corrected chi connectivity index (χ0v) is 50.1. The monoisotopic (exact) mass is 1240 g/mol. The topological polar surface area (TPSA) is 447 Å². The first kappa shape index (κ1) is 67.7. The standard InChI is InChI=1S/C58H92O28/c1-21-40(83-51-39(72)41(38(71)42(85-51)48(75)76)84-52-43(34(67)32(65)27(19-60)81-52)86-50-36(69)33(66)31(64)26(18-59)80-50)35(68)37(70)49(77-21)82-30-14-15-55(8)28(54(30,6)7)13-16-56(9)29(55)12-11-24-25-17-53(4,5)46(78-22(2)62)47(79-23(3)63)58(25,20-61)45(74)44(73)57(24,56)10/h11,21,25-47,49-52,59-61,64-74H,12-20H2,1-10H3,(H,75,76). The van der Waals surface area contributed by atoms with E-state index in [2.05, 4.69) is 33.8 Å². The smallest absolute Gasteiger partial charge is 0.335 e. The predicted molar refractivity (Wildman–Crippen MR) is 286 cm³/mol. The molecule has 28 heteroatoms. The Morgan fingerprint density at radius 3 is 1.70 bits per heavy atom. The molecule has 0 amide bonds. The molecule has 86 heavy (non-hydrogen) atoms. The Balaban J connectivity index is 0.908. The van der Waals surface area contributed by atoms with Crippen LogP contribution in [0.25, 0.3) is 0 Å². The number of aliphatic carboxylic acids is 1. The number of hydrogen-bond donors (Lipinski definition) is 15. The van der Waals surface area contributed by atoms with Gasteiger partial charge in [0.1, 0.15) is 91.6 Å². The SMILES string of the molecule is CC(=O)OC1C(OC(C)=O)C2(CO)C(CC1(C)C)C1=CCC3C4(C)CCC(OC5OC(C)C(OC6OC(C(=O)O)C(O)C(OC7OC(CO)C(O)C(O)C7OC7OC(CO)C(O)C(O)C7O)C6O)C(O)C5O)C(C)(C)C4CCC3(C)C1(C)C(O)C2O. The van der Waals surface area contributed by atoms with Crippen LogP contribution in [0.1, 0.15) is 108 Å². The zero-order valence-electron chi connectivity index (χ0n) is 50.1. The van der Waals surface area contributed by atoms with Crippen molar-refractivity contribution in [3.05, 3.63) is 11.6 Å². The summed E-state index contributed by atoms with van der Waals surface area (Å²) in [5, 5.41) is 167. The molecule has 0 aromatic carbocycles. The highest BCUT2D eigenvalue weighted by molar-refractivity contribution is 5.73. The van der Waals surface area contributed by atoms with Crippen LogP contribution in [0.5, 0.6) is 0 Å². The van der Waals surface area contributed by atoms with Crippen LogP contribution in [0.4, 0.5) is 0 Å². The highest BCUT2D eigenvalue weighted by Gasteiger charge is 2.76. The lowest BCUT2D eigenvalue weighted by Crippen LogP contribution is -2.76. The molecule has 4 aliphatic heterocycles. The molecule has 9 aliphatic rings. The Bertz CT molecular complexity index is 2480. The molecule has 0 aromatic heterocycles. The van der Waals surface area contributed by atoms with Crippen molar-refractivity contribution in [2.45, 2.75) is 261 Å². The fourth-order valence-corrected chi connectivity index (χ4v) is 17.6. The number of allylic oxidation sites excluding steroid dienone is 1. The molecule has 5 aliphatic carbocycles. The third-order valence-electron chi connectivity index (χ3n) is 22.4. The van der Waals surface area contributed by atoms with E-state index in [1.54, 1.807) is 0 Å². The van der Waals surface area contributed by atoms with E-state index in [-0.39, 0.29) is 11.8 Å². The molecule has 9 rings (SSSR count). The molecule has 4 heterocycles. The lowest BCUT2D eigenvalue weighted by molar-refractivity contribution is -0.394. The Kier molecular flexibility index (Phi) is 19.2. The third kappa shape index (κ3) is 10.7. The number of aliphatic hydroxyl groups excluding tert-OH is 14. The molecule has 32 unspecified atom stereocenters. The van der Waals surface area contributed by atoms with E-state index < -0.39 is 229 Å². The zero-order chi connectivity index (χ0) is 63.6. The van der Waals surface area contributed by atoms with Crippen molar-refractivity contribution in [2.24, 2.45) is 50.2 Å². The number of carboxylic acid groups (broad SMARTS) is 1. The Labute approximate surface area is 497 Å². The molecule has 0 radical (unpaired) electrons. The summed E-state index contributed by atoms with van der Waals surface area (Å²) in [6, 6.07) is 0. The minimum absolute atomic E-state index is 0.0350. The van der Waals surface area contributed by atoms with E-state index in [0.29, 0.717) is 38.5 Å². The van der Waals surface area contributed by atoms with Crippen LogP contribution < -0.4 is 0 Å². The van der Waals surface area contributed by atoms with E-state index >= 15 is 0 Å². The van der Waals surface area contributed by atoms with Gasteiger partial charge in [-0.05, 0) is 79.4 Å². The van der Waals surface area contributed by atoms with E-state index in [4.69, 9.17) is 47.4 Å². The van der Waals surface area contributed by atoms with Crippen LogP contribution in [0.15, 0.2) is 11.6 Å². The van der Waals surface area contributed by atoms with Gasteiger partial charge in [0.2, 0.25) is 0 Å². The fourth-order valence-electron chi connectivity index (χ4n) is 17.6. The van der Waals surface area contributed by atoms with Gasteiger partial charge in [-0.25, -0.2) is 4.79 Å². The summed E-state index contributed by atoms with van der Waals surface area (Å²) in [5.74, 6) is -3.83. The van der Waals surface area contributed by atoms with Crippen LogP contribution in [0.2, 0.25) is 0 Å². The lowest BCUT2D eigenvalue weighted by Gasteiger charge is -2.73. The average Bonchev–Trinajstić information content (AvgIpc) is 0.665. The highest BCUT2D eigenvalue weighted by atomic mass is 16.8. The second-order valence-electron chi connectivity index (χ2n) is 27.8. The van der Waals surface area contributed by atoms with Crippen LogP contribution in [-0.4, -0.2) is 268 Å². The summed E-state index contributed by atoms with van der Waals surface area (Å²) < 4.78 is 58.9. The van der Waals surface area contributed by atoms with Crippen molar-refractivity contribution in [3.8, 4) is 0 Å². The quantitative estimate of drug-likeness (QED) is 0.0458. The van der Waals surface area contributed by atoms with Gasteiger partial charge in [-0.2, -0.15) is 0 Å². The Hall–Kier alpha value is -2.73. The fraction of sp³-hybridized carbons (Fsp3) is 0.914. The van der Waals surface area contributed by atoms with Gasteiger partial charge in [-0.1, -0.05) is 60.1 Å². The molecule has 32 atom stereocenters. The maximum absolute atomic E-state index is 12.8. The molecule has 0 bridgehead atoms. The molecule has 4 saturated heterocycles. The summed E-state index contributed by atoms with van der Waals surface area (Å²) in [6.45, 7) is 15.8. The number of hydrogen-bond acceptors (Lipinski definition) is 27. The van der Waals surface area contributed by atoms with Gasteiger partial charge < -0.3 is 124 Å². The van der Waals surface area contributed by atoms with Gasteiger partial charge in [0.25, 0.3) is 0 Å². The van der Waals surface area contributed by atoms with Gasteiger partial charge in [0, 0.05) is 24.7 Å². The maximum Gasteiger partial charge on any atom is 0.335 e. The molecule has 492 valence electrons. The summed E-state index contributed by atoms with van der Waals surface area (Å²) in [6.07, 6.45) is -38.6. The van der Waals surface area contributed by atoms with Crippen LogP contribution in [0.3, 0.4) is 0 Å². The summed E-state index contributed by atoms with van der Waals surface area (Å²) in [5.41, 5.74) is -4.33. The average molecular weight is 1240 g/mol. The molecule has 28 nitrogen and oxygen atoms in total. The van der Waals surface area contributed by atoms with Gasteiger partial charge in [-0.3, -0.25) is 9.59 Å². The van der Waals surface area contributed by atoms with E-state index in [1.165, 1.54) is 20.8 Å². The second-order valence-corrected chi connectivity index (χ2v) is 27.8. The summed E-state index contributed by atoms with van der Waals surface area (Å²) in [7, 11) is 0. The van der Waals surface area contributed by atoms with Gasteiger partial charge in [0.05, 0.1) is 49.7 Å². The predicted octanol–water partition coefficient (Wildman–Crippen LogP) is -3.42. The van der Waals surface area contributed by atoms with Gasteiger partial charge in [-0.15, -0.1) is 0 Å². The number of rotatable bonds is 14.